The molecule has 1 aliphatic rings. The van der Waals surface area contributed by atoms with Gasteiger partial charge in [0.15, 0.2) is 0 Å². The fourth-order valence-corrected chi connectivity index (χ4v) is 1.98. The summed E-state index contributed by atoms with van der Waals surface area (Å²) in [6, 6.07) is 2.01. The van der Waals surface area contributed by atoms with Gasteiger partial charge < -0.3 is 10.2 Å². The lowest BCUT2D eigenvalue weighted by molar-refractivity contribution is -0.137. The van der Waals surface area contributed by atoms with E-state index in [1.807, 2.05) is 6.92 Å². The summed E-state index contributed by atoms with van der Waals surface area (Å²) in [5.41, 5.74) is -0.806. The average Bonchev–Trinajstić information content (AvgIpc) is 2.38. The van der Waals surface area contributed by atoms with Gasteiger partial charge in [-0.3, -0.25) is 9.78 Å². The second-order valence-corrected chi connectivity index (χ2v) is 4.48. The second kappa shape index (κ2) is 7.82. The van der Waals surface area contributed by atoms with Gasteiger partial charge >= 0.3 is 6.18 Å². The minimum Gasteiger partial charge on any atom is -0.332 e. The zero-order valence-electron chi connectivity index (χ0n) is 11.2. The maximum atomic E-state index is 12.4. The summed E-state index contributed by atoms with van der Waals surface area (Å²) in [6.45, 7) is 3.76. The van der Waals surface area contributed by atoms with E-state index >= 15 is 0 Å². The molecule has 120 valence electrons. The van der Waals surface area contributed by atoms with Gasteiger partial charge in [-0.05, 0) is 19.1 Å². The summed E-state index contributed by atoms with van der Waals surface area (Å²) in [5.74, 6) is -0.331. The highest BCUT2D eigenvalue weighted by Crippen LogP contribution is 2.28. The van der Waals surface area contributed by atoms with Crippen LogP contribution >= 0.6 is 24.8 Å². The van der Waals surface area contributed by atoms with Gasteiger partial charge in [0.2, 0.25) is 0 Å². The van der Waals surface area contributed by atoms with Crippen LogP contribution in [0.25, 0.3) is 0 Å². The predicted octanol–water partition coefficient (Wildman–Crippen LogP) is 2.38. The Balaban J connectivity index is 0.00000200. The van der Waals surface area contributed by atoms with E-state index < -0.39 is 11.7 Å². The van der Waals surface area contributed by atoms with Crippen LogP contribution in [0.1, 0.15) is 23.0 Å². The van der Waals surface area contributed by atoms with Gasteiger partial charge in [-0.25, -0.2) is 0 Å². The van der Waals surface area contributed by atoms with Crippen LogP contribution < -0.4 is 5.32 Å². The molecule has 1 atom stereocenters. The first-order valence-corrected chi connectivity index (χ1v) is 5.94. The number of piperazine rings is 1. The number of amides is 1. The number of hydrogen-bond acceptors (Lipinski definition) is 3. The number of carbonyl (C=O) groups is 1. The Morgan fingerprint density at radius 3 is 2.52 bits per heavy atom. The Morgan fingerprint density at radius 1 is 1.38 bits per heavy atom. The first kappa shape index (κ1) is 19.9. The van der Waals surface area contributed by atoms with Crippen molar-refractivity contribution in [3.05, 3.63) is 29.6 Å². The number of nitrogens with zero attached hydrogens (tertiary/aromatic N) is 2. The zero-order chi connectivity index (χ0) is 14.0. The number of halogens is 5. The number of rotatable bonds is 1. The van der Waals surface area contributed by atoms with E-state index in [0.29, 0.717) is 25.8 Å². The normalized spacial score (nSPS) is 18.5. The van der Waals surface area contributed by atoms with Crippen LogP contribution in [0.3, 0.4) is 0 Å². The lowest BCUT2D eigenvalue weighted by Crippen LogP contribution is -2.52. The summed E-state index contributed by atoms with van der Waals surface area (Å²) < 4.78 is 37.2. The summed E-state index contributed by atoms with van der Waals surface area (Å²) in [7, 11) is 0. The number of nitrogens with one attached hydrogen (secondary N) is 1. The molecular weight excluding hydrogens is 330 g/mol. The minimum atomic E-state index is -4.43. The number of hydrogen-bond donors (Lipinski definition) is 1. The van der Waals surface area contributed by atoms with Crippen LogP contribution in [0.2, 0.25) is 0 Å². The van der Waals surface area contributed by atoms with Crippen LogP contribution in [-0.4, -0.2) is 41.5 Å². The predicted molar refractivity (Wildman–Crippen MR) is 77.1 cm³/mol. The van der Waals surface area contributed by atoms with Gasteiger partial charge in [0.1, 0.15) is 5.69 Å². The van der Waals surface area contributed by atoms with Crippen molar-refractivity contribution in [2.24, 2.45) is 0 Å². The summed E-state index contributed by atoms with van der Waals surface area (Å²) in [6.07, 6.45) is -3.74. The van der Waals surface area contributed by atoms with Crippen molar-refractivity contribution in [1.82, 2.24) is 15.2 Å². The molecule has 0 bridgehead atoms. The standard InChI is InChI=1S/C12H14F3N3O.2ClH/c1-8-6-16-4-5-18(8)11(19)10-3-2-9(7-17-10)12(13,14)15;;/h2-3,7-8,16H,4-6H2,1H3;2*1H. The summed E-state index contributed by atoms with van der Waals surface area (Å²) in [5, 5.41) is 3.14. The van der Waals surface area contributed by atoms with E-state index in [9.17, 15) is 18.0 Å². The first-order chi connectivity index (χ1) is 8.89. The van der Waals surface area contributed by atoms with Gasteiger partial charge in [-0.2, -0.15) is 13.2 Å². The molecular formula is C12H16Cl2F3N3O. The smallest absolute Gasteiger partial charge is 0.332 e. The summed E-state index contributed by atoms with van der Waals surface area (Å²) in [4.78, 5) is 17.4. The van der Waals surface area contributed by atoms with Gasteiger partial charge in [0.05, 0.1) is 5.56 Å². The number of carbonyl (C=O) groups excluding carboxylic acids is 1. The molecule has 0 saturated carbocycles. The molecule has 2 heterocycles. The third-order valence-corrected chi connectivity index (χ3v) is 3.07. The van der Waals surface area contributed by atoms with Crippen LogP contribution in [0.4, 0.5) is 13.2 Å². The third-order valence-electron chi connectivity index (χ3n) is 3.07. The summed E-state index contributed by atoms with van der Waals surface area (Å²) >= 11 is 0. The quantitative estimate of drug-likeness (QED) is 0.849. The average molecular weight is 346 g/mol. The Hall–Kier alpha value is -1.05. The first-order valence-electron chi connectivity index (χ1n) is 5.94. The number of pyridine rings is 1. The van der Waals surface area contributed by atoms with Gasteiger partial charge in [-0.1, -0.05) is 0 Å². The molecule has 1 amide bonds. The number of alkyl halides is 3. The van der Waals surface area contributed by atoms with Crippen molar-refractivity contribution in [3.8, 4) is 0 Å². The highest BCUT2D eigenvalue weighted by Gasteiger charge is 2.31. The van der Waals surface area contributed by atoms with Crippen molar-refractivity contribution in [2.75, 3.05) is 19.6 Å². The van der Waals surface area contributed by atoms with Gasteiger partial charge in [0, 0.05) is 31.9 Å². The lowest BCUT2D eigenvalue weighted by Gasteiger charge is -2.33. The highest BCUT2D eigenvalue weighted by atomic mass is 35.5. The van der Waals surface area contributed by atoms with Gasteiger partial charge in [-0.15, -0.1) is 24.8 Å². The molecule has 1 aliphatic heterocycles. The third kappa shape index (κ3) is 4.72. The topological polar surface area (TPSA) is 45.2 Å². The van der Waals surface area contributed by atoms with Crippen molar-refractivity contribution in [2.45, 2.75) is 19.1 Å². The molecule has 4 nitrogen and oxygen atoms in total. The molecule has 0 aliphatic carbocycles. The van der Waals surface area contributed by atoms with E-state index in [-0.39, 0.29) is 42.5 Å². The number of aromatic nitrogens is 1. The van der Waals surface area contributed by atoms with Crippen LogP contribution in [-0.2, 0) is 6.18 Å². The molecule has 1 aromatic heterocycles. The molecule has 0 aromatic carbocycles. The SMILES string of the molecule is CC1CNCCN1C(=O)c1ccc(C(F)(F)F)cn1.Cl.Cl. The van der Waals surface area contributed by atoms with E-state index in [2.05, 4.69) is 10.3 Å². The van der Waals surface area contributed by atoms with Crippen molar-refractivity contribution in [3.63, 3.8) is 0 Å². The van der Waals surface area contributed by atoms with E-state index in [0.717, 1.165) is 12.1 Å². The lowest BCUT2D eigenvalue weighted by atomic mass is 10.2. The molecule has 2 rings (SSSR count). The van der Waals surface area contributed by atoms with Crippen LogP contribution in [0.5, 0.6) is 0 Å². The Morgan fingerprint density at radius 2 is 2.05 bits per heavy atom. The molecule has 1 saturated heterocycles. The van der Waals surface area contributed by atoms with Crippen LogP contribution in [0.15, 0.2) is 18.3 Å². The largest absolute Gasteiger partial charge is 0.417 e. The molecule has 1 aromatic rings. The molecule has 1 N–H and O–H groups in total. The second-order valence-electron chi connectivity index (χ2n) is 4.48. The van der Waals surface area contributed by atoms with E-state index in [4.69, 9.17) is 0 Å². The van der Waals surface area contributed by atoms with Crippen molar-refractivity contribution in [1.29, 1.82) is 0 Å². The van der Waals surface area contributed by atoms with Crippen molar-refractivity contribution < 1.29 is 18.0 Å². The maximum Gasteiger partial charge on any atom is 0.417 e. The van der Waals surface area contributed by atoms with Crippen molar-refractivity contribution >= 4 is 30.7 Å². The Kier molecular flexibility index (Phi) is 7.43. The molecule has 21 heavy (non-hydrogen) atoms. The minimum absolute atomic E-state index is 0. The highest BCUT2D eigenvalue weighted by molar-refractivity contribution is 5.92. The Bertz CT molecular complexity index is 468. The molecule has 0 radical (unpaired) electrons. The monoisotopic (exact) mass is 345 g/mol. The van der Waals surface area contributed by atoms with Gasteiger partial charge in [0.25, 0.3) is 5.91 Å². The fraction of sp³-hybridized carbons (Fsp3) is 0.500. The molecule has 1 fully saturated rings. The van der Waals surface area contributed by atoms with Crippen LogP contribution in [0, 0.1) is 0 Å². The zero-order valence-corrected chi connectivity index (χ0v) is 12.8. The van der Waals surface area contributed by atoms with E-state index in [1.54, 1.807) is 4.90 Å². The fourth-order valence-electron chi connectivity index (χ4n) is 1.98. The molecule has 9 heteroatoms. The molecule has 0 spiro atoms. The molecule has 1 unspecified atom stereocenters. The Labute approximate surface area is 132 Å². The van der Waals surface area contributed by atoms with E-state index in [1.165, 1.54) is 0 Å². The maximum absolute atomic E-state index is 12.4.